The first-order valence-corrected chi connectivity index (χ1v) is 7.99. The second-order valence-electron chi connectivity index (χ2n) is 5.00. The number of alkyl carbamates (subject to hydrolysis) is 1. The lowest BCUT2D eigenvalue weighted by Crippen LogP contribution is -2.38. The van der Waals surface area contributed by atoms with Crippen molar-refractivity contribution in [3.05, 3.63) is 23.8 Å². The van der Waals surface area contributed by atoms with Crippen molar-refractivity contribution >= 4 is 21.8 Å². The van der Waals surface area contributed by atoms with E-state index in [0.29, 0.717) is 18.7 Å². The molecule has 0 aromatic heterocycles. The Morgan fingerprint density at radius 2 is 2.19 bits per heavy atom. The van der Waals surface area contributed by atoms with Crippen LogP contribution in [0.4, 0.5) is 10.5 Å². The molecule has 116 valence electrons. The molecule has 3 N–H and O–H groups in total. The van der Waals surface area contributed by atoms with E-state index >= 15 is 0 Å². The Morgan fingerprint density at radius 1 is 1.48 bits per heavy atom. The van der Waals surface area contributed by atoms with Gasteiger partial charge in [0.15, 0.2) is 0 Å². The fourth-order valence-electron chi connectivity index (χ4n) is 2.22. The quantitative estimate of drug-likeness (QED) is 0.800. The van der Waals surface area contributed by atoms with Crippen LogP contribution in [0.2, 0.25) is 0 Å². The summed E-state index contributed by atoms with van der Waals surface area (Å²) in [4.78, 5) is 11.3. The van der Waals surface area contributed by atoms with E-state index < -0.39 is 16.1 Å². The van der Waals surface area contributed by atoms with Gasteiger partial charge in [0.2, 0.25) is 10.0 Å². The van der Waals surface area contributed by atoms with Crippen LogP contribution in [0.3, 0.4) is 0 Å². The highest BCUT2D eigenvalue weighted by molar-refractivity contribution is 7.89. The Balaban J connectivity index is 2.14. The zero-order valence-electron chi connectivity index (χ0n) is 12.0. The molecule has 1 aliphatic rings. The molecule has 0 aliphatic carbocycles. The van der Waals surface area contributed by atoms with Crippen LogP contribution in [0.5, 0.6) is 0 Å². The summed E-state index contributed by atoms with van der Waals surface area (Å²) in [6.45, 7) is 2.40. The SMILES string of the molecule is COC(=O)NC1CCN(S(=O)(=O)c2ccc(C)c(N)c2)C1. The molecule has 1 fully saturated rings. The number of ether oxygens (including phenoxy) is 1. The second kappa shape index (κ2) is 5.90. The number of aryl methyl sites for hydroxylation is 1. The van der Waals surface area contributed by atoms with Crippen LogP contribution in [0.1, 0.15) is 12.0 Å². The van der Waals surface area contributed by atoms with Gasteiger partial charge in [0, 0.05) is 24.8 Å². The first kappa shape index (κ1) is 15.6. The second-order valence-corrected chi connectivity index (χ2v) is 6.94. The van der Waals surface area contributed by atoms with Crippen LogP contribution < -0.4 is 11.1 Å². The molecule has 0 radical (unpaired) electrons. The van der Waals surface area contributed by atoms with Crippen molar-refractivity contribution in [1.29, 1.82) is 0 Å². The minimum Gasteiger partial charge on any atom is -0.453 e. The normalized spacial score (nSPS) is 19.4. The third kappa shape index (κ3) is 3.27. The number of nitrogens with zero attached hydrogens (tertiary/aromatic N) is 1. The zero-order chi connectivity index (χ0) is 15.6. The molecule has 1 aromatic rings. The van der Waals surface area contributed by atoms with E-state index in [9.17, 15) is 13.2 Å². The Morgan fingerprint density at radius 3 is 2.81 bits per heavy atom. The number of hydrogen-bond donors (Lipinski definition) is 2. The van der Waals surface area contributed by atoms with Crippen molar-refractivity contribution in [3.8, 4) is 0 Å². The lowest BCUT2D eigenvalue weighted by Gasteiger charge is -2.17. The van der Waals surface area contributed by atoms with E-state index in [-0.39, 0.29) is 17.5 Å². The number of benzene rings is 1. The van der Waals surface area contributed by atoms with Gasteiger partial charge in [-0.1, -0.05) is 6.07 Å². The van der Waals surface area contributed by atoms with Gasteiger partial charge in [-0.3, -0.25) is 0 Å². The molecule has 1 aromatic carbocycles. The summed E-state index contributed by atoms with van der Waals surface area (Å²) in [6.07, 6.45) is -0.00538. The van der Waals surface area contributed by atoms with Crippen LogP contribution in [0, 0.1) is 6.92 Å². The number of nitrogen functional groups attached to an aromatic ring is 1. The Hall–Kier alpha value is -1.80. The minimum absolute atomic E-state index is 0.171. The topological polar surface area (TPSA) is 102 Å². The lowest BCUT2D eigenvalue weighted by molar-refractivity contribution is 0.167. The monoisotopic (exact) mass is 313 g/mol. The molecule has 1 aliphatic heterocycles. The number of sulfonamides is 1. The van der Waals surface area contributed by atoms with Gasteiger partial charge in [-0.2, -0.15) is 4.31 Å². The van der Waals surface area contributed by atoms with E-state index in [2.05, 4.69) is 10.1 Å². The van der Waals surface area contributed by atoms with Gasteiger partial charge in [0.25, 0.3) is 0 Å². The van der Waals surface area contributed by atoms with Crippen molar-refractivity contribution in [1.82, 2.24) is 9.62 Å². The highest BCUT2D eigenvalue weighted by Crippen LogP contribution is 2.24. The number of anilines is 1. The van der Waals surface area contributed by atoms with Crippen molar-refractivity contribution in [2.75, 3.05) is 25.9 Å². The molecule has 21 heavy (non-hydrogen) atoms. The first-order chi connectivity index (χ1) is 9.84. The Labute approximate surface area is 124 Å². The molecule has 1 saturated heterocycles. The fraction of sp³-hybridized carbons (Fsp3) is 0.462. The summed E-state index contributed by atoms with van der Waals surface area (Å²) in [6, 6.07) is 4.45. The highest BCUT2D eigenvalue weighted by Gasteiger charge is 2.33. The number of amides is 1. The van der Waals surface area contributed by atoms with Gasteiger partial charge in [-0.05, 0) is 31.0 Å². The molecule has 1 heterocycles. The van der Waals surface area contributed by atoms with Crippen LogP contribution in [-0.4, -0.2) is 45.1 Å². The molecule has 1 amide bonds. The van der Waals surface area contributed by atoms with Gasteiger partial charge in [-0.15, -0.1) is 0 Å². The number of hydrogen-bond acceptors (Lipinski definition) is 5. The summed E-state index contributed by atoms with van der Waals surface area (Å²) in [7, 11) is -2.32. The Kier molecular flexibility index (Phi) is 4.38. The fourth-order valence-corrected chi connectivity index (χ4v) is 3.75. The van der Waals surface area contributed by atoms with Crippen LogP contribution in [-0.2, 0) is 14.8 Å². The van der Waals surface area contributed by atoms with E-state index in [0.717, 1.165) is 5.56 Å². The van der Waals surface area contributed by atoms with E-state index in [1.54, 1.807) is 12.1 Å². The third-order valence-corrected chi connectivity index (χ3v) is 5.41. The maximum absolute atomic E-state index is 12.5. The van der Waals surface area contributed by atoms with Crippen molar-refractivity contribution in [3.63, 3.8) is 0 Å². The van der Waals surface area contributed by atoms with Gasteiger partial charge in [0.05, 0.1) is 12.0 Å². The van der Waals surface area contributed by atoms with Gasteiger partial charge < -0.3 is 15.8 Å². The molecular weight excluding hydrogens is 294 g/mol. The van der Waals surface area contributed by atoms with Crippen molar-refractivity contribution in [2.24, 2.45) is 0 Å². The molecule has 1 unspecified atom stereocenters. The van der Waals surface area contributed by atoms with Crippen molar-refractivity contribution < 1.29 is 17.9 Å². The number of rotatable bonds is 3. The number of carbonyl (C=O) groups excluding carboxylic acids is 1. The van der Waals surface area contributed by atoms with E-state index in [1.165, 1.54) is 17.5 Å². The maximum atomic E-state index is 12.5. The number of carbonyl (C=O) groups is 1. The molecule has 7 nitrogen and oxygen atoms in total. The molecule has 0 bridgehead atoms. The third-order valence-electron chi connectivity index (χ3n) is 3.55. The average Bonchev–Trinajstić information content (AvgIpc) is 2.90. The smallest absolute Gasteiger partial charge is 0.407 e. The largest absolute Gasteiger partial charge is 0.453 e. The summed E-state index contributed by atoms with van der Waals surface area (Å²) in [5.74, 6) is 0. The maximum Gasteiger partial charge on any atom is 0.407 e. The molecule has 0 saturated carbocycles. The standard InChI is InChI=1S/C13H19N3O4S/c1-9-3-4-11(7-12(9)14)21(18,19)16-6-5-10(8-16)15-13(17)20-2/h3-4,7,10H,5-6,8,14H2,1-2H3,(H,15,17). The molecule has 0 spiro atoms. The van der Waals surface area contributed by atoms with Crippen LogP contribution in [0.15, 0.2) is 23.1 Å². The van der Waals surface area contributed by atoms with Gasteiger partial charge in [0.1, 0.15) is 0 Å². The van der Waals surface area contributed by atoms with Crippen molar-refractivity contribution in [2.45, 2.75) is 24.3 Å². The zero-order valence-corrected chi connectivity index (χ0v) is 12.8. The van der Waals surface area contributed by atoms with Gasteiger partial charge >= 0.3 is 6.09 Å². The van der Waals surface area contributed by atoms with Crippen LogP contribution in [0.25, 0.3) is 0 Å². The van der Waals surface area contributed by atoms with Crippen LogP contribution >= 0.6 is 0 Å². The summed E-state index contributed by atoms with van der Waals surface area (Å²) in [5, 5.41) is 2.61. The lowest BCUT2D eigenvalue weighted by atomic mass is 10.2. The number of nitrogens with two attached hydrogens (primary N) is 1. The number of methoxy groups -OCH3 is 1. The number of nitrogens with one attached hydrogen (secondary N) is 1. The molecular formula is C13H19N3O4S. The summed E-state index contributed by atoms with van der Waals surface area (Å²) < 4.78 is 30.9. The van der Waals surface area contributed by atoms with Gasteiger partial charge in [-0.25, -0.2) is 13.2 Å². The first-order valence-electron chi connectivity index (χ1n) is 6.55. The van der Waals surface area contributed by atoms with E-state index in [1.807, 2.05) is 6.92 Å². The predicted octanol–water partition coefficient (Wildman–Crippen LogP) is 0.696. The Bertz CT molecular complexity index is 645. The van der Waals surface area contributed by atoms with E-state index in [4.69, 9.17) is 5.73 Å². The molecule has 8 heteroatoms. The highest BCUT2D eigenvalue weighted by atomic mass is 32.2. The predicted molar refractivity (Wildman–Crippen MR) is 78.3 cm³/mol. The molecule has 2 rings (SSSR count). The molecule has 1 atom stereocenters. The minimum atomic E-state index is -3.59. The summed E-state index contributed by atoms with van der Waals surface area (Å²) in [5.41, 5.74) is 7.05. The summed E-state index contributed by atoms with van der Waals surface area (Å²) >= 11 is 0. The average molecular weight is 313 g/mol.